The molecule has 0 spiro atoms. The van der Waals surface area contributed by atoms with Crippen LogP contribution in [0.4, 0.5) is 0 Å². The van der Waals surface area contributed by atoms with Gasteiger partial charge in [0.2, 0.25) is 5.91 Å². The summed E-state index contributed by atoms with van der Waals surface area (Å²) in [5.74, 6) is 0.989. The van der Waals surface area contributed by atoms with E-state index in [-0.39, 0.29) is 11.8 Å². The minimum absolute atomic E-state index is 0.118. The van der Waals surface area contributed by atoms with Gasteiger partial charge in [0, 0.05) is 25.6 Å². The molecule has 0 saturated carbocycles. The number of hydrogen-bond acceptors (Lipinski definition) is 3. The van der Waals surface area contributed by atoms with Crippen LogP contribution in [0.25, 0.3) is 0 Å². The topological polar surface area (TPSA) is 67.4 Å². The number of hydrogen-bond donors (Lipinski definition) is 2. The summed E-state index contributed by atoms with van der Waals surface area (Å²) in [7, 11) is 0. The predicted octanol–water partition coefficient (Wildman–Crippen LogP) is 2.34. The molecule has 114 valence electrons. The van der Waals surface area contributed by atoms with Gasteiger partial charge in [0.1, 0.15) is 11.5 Å². The molecular weight excluding hydrogens is 280 g/mol. The predicted molar refractivity (Wildman–Crippen MR) is 84.0 cm³/mol. The van der Waals surface area contributed by atoms with Crippen molar-refractivity contribution in [2.75, 3.05) is 13.1 Å². The summed E-state index contributed by atoms with van der Waals surface area (Å²) >= 11 is 0. The van der Waals surface area contributed by atoms with Crippen molar-refractivity contribution in [3.05, 3.63) is 60.2 Å². The Bertz CT molecular complexity index is 641. The molecule has 22 heavy (non-hydrogen) atoms. The van der Waals surface area contributed by atoms with Gasteiger partial charge in [0.15, 0.2) is 0 Å². The van der Waals surface area contributed by atoms with E-state index >= 15 is 0 Å². The fourth-order valence-corrected chi connectivity index (χ4v) is 1.84. The van der Waals surface area contributed by atoms with Gasteiger partial charge in [0.25, 0.3) is 5.91 Å². The summed E-state index contributed by atoms with van der Waals surface area (Å²) in [5, 5.41) is 5.35. The molecule has 0 radical (unpaired) electrons. The van der Waals surface area contributed by atoms with Crippen molar-refractivity contribution in [3.63, 3.8) is 0 Å². The highest BCUT2D eigenvalue weighted by atomic mass is 16.5. The Labute approximate surface area is 129 Å². The van der Waals surface area contributed by atoms with Gasteiger partial charge >= 0.3 is 0 Å². The Hall–Kier alpha value is -2.82. The van der Waals surface area contributed by atoms with Crippen molar-refractivity contribution < 1.29 is 14.3 Å². The standard InChI is InChI=1S/C17H18N2O3/c1-13(20)18-10-11-19-17(21)14-6-5-9-16(12-14)22-15-7-3-2-4-8-15/h2-9,12H,10-11H2,1H3,(H,18,20)(H,19,21). The number of para-hydroxylation sites is 1. The van der Waals surface area contributed by atoms with Gasteiger partial charge in [-0.15, -0.1) is 0 Å². The first kappa shape index (κ1) is 15.6. The molecule has 2 aromatic rings. The average Bonchev–Trinajstić information content (AvgIpc) is 2.52. The molecule has 0 atom stereocenters. The van der Waals surface area contributed by atoms with Gasteiger partial charge in [-0.25, -0.2) is 0 Å². The molecule has 0 aromatic heterocycles. The Kier molecular flexibility index (Phi) is 5.54. The SMILES string of the molecule is CC(=O)NCCNC(=O)c1cccc(Oc2ccccc2)c1. The summed E-state index contributed by atoms with van der Waals surface area (Å²) < 4.78 is 5.69. The zero-order valence-electron chi connectivity index (χ0n) is 12.3. The number of benzene rings is 2. The molecule has 0 heterocycles. The Morgan fingerprint density at radius 3 is 2.32 bits per heavy atom. The van der Waals surface area contributed by atoms with Gasteiger partial charge in [-0.1, -0.05) is 24.3 Å². The minimum atomic E-state index is -0.205. The van der Waals surface area contributed by atoms with E-state index < -0.39 is 0 Å². The van der Waals surface area contributed by atoms with Crippen LogP contribution in [-0.4, -0.2) is 24.9 Å². The van der Waals surface area contributed by atoms with E-state index in [9.17, 15) is 9.59 Å². The smallest absolute Gasteiger partial charge is 0.251 e. The number of carbonyl (C=O) groups is 2. The van der Waals surface area contributed by atoms with E-state index in [1.54, 1.807) is 24.3 Å². The van der Waals surface area contributed by atoms with Gasteiger partial charge < -0.3 is 15.4 Å². The van der Waals surface area contributed by atoms with E-state index in [1.807, 2.05) is 30.3 Å². The molecular formula is C17H18N2O3. The van der Waals surface area contributed by atoms with Crippen molar-refractivity contribution in [1.29, 1.82) is 0 Å². The summed E-state index contributed by atoms with van der Waals surface area (Å²) in [6, 6.07) is 16.3. The number of carbonyl (C=O) groups excluding carboxylic acids is 2. The third kappa shape index (κ3) is 4.94. The van der Waals surface area contributed by atoms with E-state index in [1.165, 1.54) is 6.92 Å². The van der Waals surface area contributed by atoms with Crippen molar-refractivity contribution >= 4 is 11.8 Å². The highest BCUT2D eigenvalue weighted by Crippen LogP contribution is 2.21. The maximum Gasteiger partial charge on any atom is 0.251 e. The lowest BCUT2D eigenvalue weighted by Crippen LogP contribution is -2.33. The van der Waals surface area contributed by atoms with E-state index in [2.05, 4.69) is 10.6 Å². The quantitative estimate of drug-likeness (QED) is 0.804. The van der Waals surface area contributed by atoms with Crippen molar-refractivity contribution in [2.24, 2.45) is 0 Å². The Morgan fingerprint density at radius 2 is 1.59 bits per heavy atom. The largest absolute Gasteiger partial charge is 0.457 e. The lowest BCUT2D eigenvalue weighted by molar-refractivity contribution is -0.118. The molecule has 0 bridgehead atoms. The normalized spacial score (nSPS) is 9.86. The van der Waals surface area contributed by atoms with Crippen molar-refractivity contribution in [2.45, 2.75) is 6.92 Å². The molecule has 5 nitrogen and oxygen atoms in total. The van der Waals surface area contributed by atoms with E-state index in [4.69, 9.17) is 4.74 Å². The molecule has 0 unspecified atom stereocenters. The van der Waals surface area contributed by atoms with E-state index in [0.29, 0.717) is 30.2 Å². The van der Waals surface area contributed by atoms with Crippen LogP contribution >= 0.6 is 0 Å². The minimum Gasteiger partial charge on any atom is -0.457 e. The second-order valence-electron chi connectivity index (χ2n) is 4.68. The van der Waals surface area contributed by atoms with Crippen LogP contribution in [0.1, 0.15) is 17.3 Å². The summed E-state index contributed by atoms with van der Waals surface area (Å²) in [4.78, 5) is 22.8. The van der Waals surface area contributed by atoms with Crippen LogP contribution < -0.4 is 15.4 Å². The maximum absolute atomic E-state index is 12.0. The van der Waals surface area contributed by atoms with Crippen LogP contribution in [0.15, 0.2) is 54.6 Å². The molecule has 0 aliphatic heterocycles. The zero-order chi connectivity index (χ0) is 15.8. The fourth-order valence-electron chi connectivity index (χ4n) is 1.84. The first-order valence-corrected chi connectivity index (χ1v) is 7.01. The van der Waals surface area contributed by atoms with Crippen LogP contribution in [0, 0.1) is 0 Å². The second-order valence-corrected chi connectivity index (χ2v) is 4.68. The molecule has 2 N–H and O–H groups in total. The van der Waals surface area contributed by atoms with Crippen LogP contribution in [0.5, 0.6) is 11.5 Å². The summed E-state index contributed by atoms with van der Waals surface area (Å²) in [5.41, 5.74) is 0.510. The van der Waals surface area contributed by atoms with Crippen LogP contribution in [0.2, 0.25) is 0 Å². The Balaban J connectivity index is 1.93. The molecule has 2 amide bonds. The molecule has 0 saturated heterocycles. The number of nitrogens with one attached hydrogen (secondary N) is 2. The second kappa shape index (κ2) is 7.83. The average molecular weight is 298 g/mol. The first-order chi connectivity index (χ1) is 10.6. The third-order valence-electron chi connectivity index (χ3n) is 2.86. The highest BCUT2D eigenvalue weighted by molar-refractivity contribution is 5.94. The molecule has 5 heteroatoms. The lowest BCUT2D eigenvalue weighted by atomic mass is 10.2. The third-order valence-corrected chi connectivity index (χ3v) is 2.86. The zero-order valence-corrected chi connectivity index (χ0v) is 12.3. The molecule has 0 aliphatic rings. The number of rotatable bonds is 6. The molecule has 2 aromatic carbocycles. The van der Waals surface area contributed by atoms with Crippen LogP contribution in [-0.2, 0) is 4.79 Å². The van der Waals surface area contributed by atoms with Gasteiger partial charge in [0.05, 0.1) is 0 Å². The first-order valence-electron chi connectivity index (χ1n) is 7.01. The van der Waals surface area contributed by atoms with Crippen molar-refractivity contribution in [1.82, 2.24) is 10.6 Å². The van der Waals surface area contributed by atoms with Crippen molar-refractivity contribution in [3.8, 4) is 11.5 Å². The molecule has 2 rings (SSSR count). The lowest BCUT2D eigenvalue weighted by Gasteiger charge is -2.08. The Morgan fingerprint density at radius 1 is 0.909 bits per heavy atom. The summed E-state index contributed by atoms with van der Waals surface area (Å²) in [6.45, 7) is 2.22. The fraction of sp³-hybridized carbons (Fsp3) is 0.176. The maximum atomic E-state index is 12.0. The summed E-state index contributed by atoms with van der Waals surface area (Å²) in [6.07, 6.45) is 0. The van der Waals surface area contributed by atoms with E-state index in [0.717, 1.165) is 0 Å². The highest BCUT2D eigenvalue weighted by Gasteiger charge is 2.06. The van der Waals surface area contributed by atoms with Crippen LogP contribution in [0.3, 0.4) is 0 Å². The number of ether oxygens (including phenoxy) is 1. The van der Waals surface area contributed by atoms with Gasteiger partial charge in [-0.05, 0) is 30.3 Å². The molecule has 0 aliphatic carbocycles. The number of amides is 2. The van der Waals surface area contributed by atoms with Gasteiger partial charge in [-0.2, -0.15) is 0 Å². The van der Waals surface area contributed by atoms with Gasteiger partial charge in [-0.3, -0.25) is 9.59 Å². The molecule has 0 fully saturated rings. The monoisotopic (exact) mass is 298 g/mol.